The highest BCUT2D eigenvalue weighted by molar-refractivity contribution is 7.20. The Kier molecular flexibility index (Phi) is 5.71. The van der Waals surface area contributed by atoms with Gasteiger partial charge in [0.2, 0.25) is 0 Å². The third kappa shape index (κ3) is 3.49. The average molecular weight is 503 g/mol. The van der Waals surface area contributed by atoms with Gasteiger partial charge in [-0.3, -0.25) is 9.97 Å². The molecule has 0 amide bonds. The molecule has 0 N–H and O–H groups in total. The van der Waals surface area contributed by atoms with Gasteiger partial charge in [0.05, 0.1) is 5.16 Å². The smallest absolute Gasteiger partial charge is 0.0590 e. The van der Waals surface area contributed by atoms with Crippen LogP contribution in [0.5, 0.6) is 0 Å². The van der Waals surface area contributed by atoms with Crippen molar-refractivity contribution in [3.63, 3.8) is 0 Å². The minimum absolute atomic E-state index is 0.0705. The molecule has 7 rings (SSSR count). The first kappa shape index (κ1) is 24.0. The van der Waals surface area contributed by atoms with Crippen LogP contribution in [-0.4, -0.2) is 15.1 Å². The van der Waals surface area contributed by atoms with Crippen LogP contribution in [0.3, 0.4) is 0 Å². The number of hydrogen-bond acceptors (Lipinski definition) is 2. The van der Waals surface area contributed by atoms with E-state index >= 15 is 0 Å². The van der Waals surface area contributed by atoms with Crippen LogP contribution in [0.15, 0.2) is 72.9 Å². The summed E-state index contributed by atoms with van der Waals surface area (Å²) in [6.07, 6.45) is 23.7. The topological polar surface area (TPSA) is 25.8 Å². The normalized spacial score (nSPS) is 33.6. The van der Waals surface area contributed by atoms with Gasteiger partial charge in [0.15, 0.2) is 0 Å². The molecular formula is C31H40N2P2. The van der Waals surface area contributed by atoms with Crippen LogP contribution >= 0.6 is 18.5 Å². The Labute approximate surface area is 216 Å². The zero-order valence-corrected chi connectivity index (χ0v) is 23.8. The lowest BCUT2D eigenvalue weighted by Crippen LogP contribution is -2.63. The Morgan fingerprint density at radius 3 is 1.77 bits per heavy atom. The fourth-order valence-corrected chi connectivity index (χ4v) is 10.4. The van der Waals surface area contributed by atoms with Crippen LogP contribution in [0.1, 0.15) is 70.4 Å². The van der Waals surface area contributed by atoms with E-state index in [9.17, 15) is 0 Å². The second kappa shape index (κ2) is 8.33. The minimum Gasteiger partial charge on any atom is -0.264 e. The molecule has 35 heavy (non-hydrogen) atoms. The lowest BCUT2D eigenvalue weighted by Gasteiger charge is -2.68. The van der Waals surface area contributed by atoms with E-state index in [4.69, 9.17) is 0 Å². The van der Waals surface area contributed by atoms with E-state index in [-0.39, 0.29) is 15.7 Å². The van der Waals surface area contributed by atoms with E-state index < -0.39 is 0 Å². The summed E-state index contributed by atoms with van der Waals surface area (Å²) in [6.45, 7) is 7.50. The summed E-state index contributed by atoms with van der Waals surface area (Å²) in [5.74, 6) is 3.12. The maximum atomic E-state index is 4.55. The molecular weight excluding hydrogens is 462 g/mol. The van der Waals surface area contributed by atoms with Gasteiger partial charge in [-0.2, -0.15) is 0 Å². The summed E-state index contributed by atoms with van der Waals surface area (Å²) in [5, 5.41) is -0.298. The lowest BCUT2D eigenvalue weighted by molar-refractivity contribution is -0.106. The zero-order valence-electron chi connectivity index (χ0n) is 21.5. The Morgan fingerprint density at radius 1 is 0.829 bits per heavy atom. The molecule has 4 heteroatoms. The van der Waals surface area contributed by atoms with Gasteiger partial charge in [-0.05, 0) is 95.9 Å². The molecule has 4 atom stereocenters. The first-order chi connectivity index (χ1) is 16.7. The Morgan fingerprint density at radius 2 is 1.34 bits per heavy atom. The molecule has 4 saturated carbocycles. The van der Waals surface area contributed by atoms with Gasteiger partial charge >= 0.3 is 0 Å². The van der Waals surface area contributed by atoms with Gasteiger partial charge in [-0.1, -0.05) is 51.1 Å². The molecule has 2 nitrogen and oxygen atoms in total. The molecule has 0 spiro atoms. The number of aromatic nitrogens is 2. The molecule has 5 aliphatic carbocycles. The molecule has 4 unspecified atom stereocenters. The molecule has 0 aliphatic heterocycles. The predicted octanol–water partition coefficient (Wildman–Crippen LogP) is 7.58. The molecule has 184 valence electrons. The van der Waals surface area contributed by atoms with Crippen molar-refractivity contribution in [1.82, 2.24) is 9.97 Å². The van der Waals surface area contributed by atoms with Crippen molar-refractivity contribution in [3.8, 4) is 0 Å². The number of nitrogens with zero attached hydrogens (tertiary/aromatic N) is 2. The first-order valence-corrected chi connectivity index (χ1v) is 14.6. The van der Waals surface area contributed by atoms with E-state index in [1.54, 1.807) is 0 Å². The second-order valence-corrected chi connectivity index (χ2v) is 14.9. The first-order valence-electron chi connectivity index (χ1n) is 13.4. The van der Waals surface area contributed by atoms with Crippen molar-refractivity contribution in [2.75, 3.05) is 0 Å². The average Bonchev–Trinajstić information content (AvgIpc) is 3.33. The molecule has 2 heterocycles. The molecule has 4 bridgehead atoms. The van der Waals surface area contributed by atoms with Crippen LogP contribution in [0.2, 0.25) is 0 Å². The van der Waals surface area contributed by atoms with Crippen LogP contribution in [0, 0.1) is 34.5 Å². The van der Waals surface area contributed by atoms with Crippen molar-refractivity contribution < 1.29 is 0 Å². The van der Waals surface area contributed by atoms with Crippen molar-refractivity contribution in [3.05, 3.63) is 84.0 Å². The number of hydrogen-bond donors (Lipinski definition) is 0. The number of allylic oxidation sites excluding steroid dienone is 4. The monoisotopic (exact) mass is 502 g/mol. The minimum atomic E-state index is -0.369. The predicted molar refractivity (Wildman–Crippen MR) is 152 cm³/mol. The SMILES string of the molecule is CC(C)(C)C(P)(C1C=CC=C1C(P)(c1cccnc1)c1cccnc1)C12CC3CC(CC(C3)C1)C2. The summed E-state index contributed by atoms with van der Waals surface area (Å²) in [6, 6.07) is 8.60. The van der Waals surface area contributed by atoms with Crippen molar-refractivity contribution in [2.24, 2.45) is 34.5 Å². The zero-order chi connectivity index (χ0) is 24.5. The van der Waals surface area contributed by atoms with Crippen LogP contribution in [-0.2, 0) is 5.16 Å². The van der Waals surface area contributed by atoms with Gasteiger partial charge in [0, 0.05) is 35.9 Å². The van der Waals surface area contributed by atoms with Crippen LogP contribution in [0.4, 0.5) is 0 Å². The highest BCUT2D eigenvalue weighted by atomic mass is 31.0. The van der Waals surface area contributed by atoms with E-state index in [1.807, 2.05) is 24.8 Å². The van der Waals surface area contributed by atoms with Crippen LogP contribution in [0.25, 0.3) is 0 Å². The van der Waals surface area contributed by atoms with Crippen molar-refractivity contribution in [2.45, 2.75) is 69.6 Å². The Bertz CT molecular complexity index is 1070. The molecule has 2 aromatic rings. The lowest BCUT2D eigenvalue weighted by atomic mass is 9.41. The standard InChI is InChI=1S/C31H40N2P2/c1-28(2,3)31(35,29-16-21-13-22(17-29)15-23(14-21)18-29)27-10-4-9-26(27)30(34,24-7-5-11-32-19-24)25-8-6-12-33-20-25/h4-12,19-23,27H,13-18,34-35H2,1-3H3. The maximum absolute atomic E-state index is 4.55. The molecule has 0 radical (unpaired) electrons. The highest BCUT2D eigenvalue weighted by Gasteiger charge is 2.65. The highest BCUT2D eigenvalue weighted by Crippen LogP contribution is 2.72. The quantitative estimate of drug-likeness (QED) is 0.394. The van der Waals surface area contributed by atoms with E-state index in [0.29, 0.717) is 11.3 Å². The molecule has 4 fully saturated rings. The number of pyridine rings is 2. The largest absolute Gasteiger partial charge is 0.264 e. The molecule has 2 aromatic heterocycles. The van der Waals surface area contributed by atoms with Crippen molar-refractivity contribution >= 4 is 18.5 Å². The van der Waals surface area contributed by atoms with E-state index in [2.05, 4.69) is 91.7 Å². The van der Waals surface area contributed by atoms with Gasteiger partial charge in [0.1, 0.15) is 0 Å². The van der Waals surface area contributed by atoms with Crippen molar-refractivity contribution in [1.29, 1.82) is 0 Å². The molecule has 0 aromatic carbocycles. The Hall–Kier alpha value is -1.36. The maximum Gasteiger partial charge on any atom is 0.0590 e. The van der Waals surface area contributed by atoms with E-state index in [0.717, 1.165) is 17.8 Å². The van der Waals surface area contributed by atoms with Gasteiger partial charge < -0.3 is 0 Å². The second-order valence-electron chi connectivity index (χ2n) is 13.1. The summed E-state index contributed by atoms with van der Waals surface area (Å²) in [5.41, 5.74) is 4.40. The molecule has 5 aliphatic rings. The van der Waals surface area contributed by atoms with E-state index in [1.165, 1.54) is 55.2 Å². The summed E-state index contributed by atoms with van der Waals surface area (Å²) in [4.78, 5) is 9.10. The van der Waals surface area contributed by atoms with Gasteiger partial charge in [0.25, 0.3) is 0 Å². The summed E-state index contributed by atoms with van der Waals surface area (Å²) in [7, 11) is 6.82. The third-order valence-corrected chi connectivity index (χ3v) is 13.1. The Balaban J connectivity index is 1.52. The molecule has 0 saturated heterocycles. The fourth-order valence-electron chi connectivity index (χ4n) is 9.15. The van der Waals surface area contributed by atoms with Gasteiger partial charge in [-0.25, -0.2) is 0 Å². The van der Waals surface area contributed by atoms with Crippen LogP contribution < -0.4 is 0 Å². The summed E-state index contributed by atoms with van der Waals surface area (Å²) < 4.78 is 0. The number of rotatable bonds is 5. The third-order valence-electron chi connectivity index (χ3n) is 10.3. The fraction of sp³-hybridized carbons (Fsp3) is 0.548. The van der Waals surface area contributed by atoms with Gasteiger partial charge in [-0.15, -0.1) is 18.5 Å². The summed E-state index contributed by atoms with van der Waals surface area (Å²) >= 11 is 0.